The Labute approximate surface area is 206 Å². The van der Waals surface area contributed by atoms with Crippen molar-refractivity contribution in [1.29, 1.82) is 0 Å². The SMILES string of the molecule is C.O=Cc1ccc(-c2ccc3ncnc(Nc4ccc(OCc5cccc(F)c5)c(Cl)c4)c3c2)o1. The van der Waals surface area contributed by atoms with E-state index in [1.54, 1.807) is 36.4 Å². The highest BCUT2D eigenvalue weighted by atomic mass is 35.5. The van der Waals surface area contributed by atoms with E-state index < -0.39 is 0 Å². The van der Waals surface area contributed by atoms with Crippen molar-refractivity contribution < 1.29 is 18.3 Å². The molecule has 5 rings (SSSR count). The van der Waals surface area contributed by atoms with Crippen molar-refractivity contribution in [3.05, 3.63) is 101 Å². The van der Waals surface area contributed by atoms with Crippen molar-refractivity contribution in [2.24, 2.45) is 0 Å². The summed E-state index contributed by atoms with van der Waals surface area (Å²) in [6.07, 6.45) is 2.13. The summed E-state index contributed by atoms with van der Waals surface area (Å²) in [5, 5.41) is 4.43. The van der Waals surface area contributed by atoms with Gasteiger partial charge in [0.2, 0.25) is 0 Å². The largest absolute Gasteiger partial charge is 0.487 e. The molecule has 0 amide bonds. The molecule has 0 bridgehead atoms. The van der Waals surface area contributed by atoms with Crippen LogP contribution in [-0.2, 0) is 6.61 Å². The van der Waals surface area contributed by atoms with E-state index in [-0.39, 0.29) is 25.6 Å². The number of rotatable bonds is 7. The Morgan fingerprint density at radius 3 is 2.69 bits per heavy atom. The number of aldehydes is 1. The summed E-state index contributed by atoms with van der Waals surface area (Å²) in [7, 11) is 0. The van der Waals surface area contributed by atoms with Crippen LogP contribution >= 0.6 is 11.6 Å². The van der Waals surface area contributed by atoms with Gasteiger partial charge in [-0.1, -0.05) is 31.2 Å². The maximum atomic E-state index is 13.4. The van der Waals surface area contributed by atoms with Crippen molar-refractivity contribution in [1.82, 2.24) is 9.97 Å². The van der Waals surface area contributed by atoms with E-state index in [2.05, 4.69) is 15.3 Å². The number of nitrogens with one attached hydrogen (secondary N) is 1. The Kier molecular flexibility index (Phi) is 7.08. The second-order valence-electron chi connectivity index (χ2n) is 7.46. The summed E-state index contributed by atoms with van der Waals surface area (Å²) in [4.78, 5) is 19.6. The zero-order valence-electron chi connectivity index (χ0n) is 17.7. The highest BCUT2D eigenvalue weighted by Crippen LogP contribution is 2.32. The molecule has 3 aromatic carbocycles. The van der Waals surface area contributed by atoms with Crippen LogP contribution in [0.5, 0.6) is 5.75 Å². The molecule has 176 valence electrons. The Morgan fingerprint density at radius 2 is 1.91 bits per heavy atom. The van der Waals surface area contributed by atoms with Gasteiger partial charge in [0.05, 0.1) is 10.5 Å². The predicted molar refractivity (Wildman–Crippen MR) is 135 cm³/mol. The third-order valence-corrected chi connectivity index (χ3v) is 5.44. The molecule has 0 unspecified atom stereocenters. The van der Waals surface area contributed by atoms with E-state index in [1.165, 1.54) is 18.5 Å². The van der Waals surface area contributed by atoms with E-state index in [4.69, 9.17) is 20.8 Å². The van der Waals surface area contributed by atoms with Crippen molar-refractivity contribution >= 4 is 40.3 Å². The fourth-order valence-corrected chi connectivity index (χ4v) is 3.74. The Bertz CT molecular complexity index is 1500. The van der Waals surface area contributed by atoms with Gasteiger partial charge in [-0.3, -0.25) is 4.79 Å². The Morgan fingerprint density at radius 1 is 1.03 bits per heavy atom. The third-order valence-electron chi connectivity index (χ3n) is 5.14. The predicted octanol–water partition coefficient (Wildman–Crippen LogP) is 7.45. The molecule has 0 aliphatic carbocycles. The topological polar surface area (TPSA) is 77.2 Å². The van der Waals surface area contributed by atoms with Crippen LogP contribution in [0, 0.1) is 5.82 Å². The first-order valence-electron chi connectivity index (χ1n) is 10.3. The second-order valence-corrected chi connectivity index (χ2v) is 7.87. The molecule has 0 aliphatic rings. The average Bonchev–Trinajstić information content (AvgIpc) is 3.33. The molecule has 0 aliphatic heterocycles. The number of ether oxygens (including phenoxy) is 1. The molecule has 0 atom stereocenters. The molecular formula is C27H21ClFN3O3. The number of benzene rings is 3. The Balaban J connectivity index is 0.00000289. The summed E-state index contributed by atoms with van der Waals surface area (Å²) in [6.45, 7) is 0.197. The number of hydrogen-bond acceptors (Lipinski definition) is 6. The zero-order chi connectivity index (χ0) is 23.5. The van der Waals surface area contributed by atoms with E-state index in [9.17, 15) is 9.18 Å². The molecular weight excluding hydrogens is 469 g/mol. The molecule has 0 spiro atoms. The average molecular weight is 490 g/mol. The molecule has 1 N–H and O–H groups in total. The number of anilines is 2. The van der Waals surface area contributed by atoms with E-state index in [0.29, 0.717) is 39.9 Å². The standard InChI is InChI=1S/C26H17ClFN3O3.CH4/c27-22-12-19(5-8-25(22)33-14-16-2-1-3-18(28)10-16)31-26-21-11-17(4-7-23(21)29-15-30-26)24-9-6-20(13-32)34-24;/h1-13,15H,14H2,(H,29,30,31);1H4. The van der Waals surface area contributed by atoms with Gasteiger partial charge >= 0.3 is 0 Å². The molecule has 2 heterocycles. The van der Waals surface area contributed by atoms with Gasteiger partial charge in [0.25, 0.3) is 0 Å². The number of hydrogen-bond donors (Lipinski definition) is 1. The van der Waals surface area contributed by atoms with Crippen LogP contribution in [0.15, 0.2) is 83.5 Å². The summed E-state index contributed by atoms with van der Waals surface area (Å²) in [6, 6.07) is 20.5. The molecule has 0 fully saturated rings. The molecule has 0 saturated carbocycles. The summed E-state index contributed by atoms with van der Waals surface area (Å²) >= 11 is 6.42. The minimum atomic E-state index is -0.316. The number of halogens is 2. The van der Waals surface area contributed by atoms with Crippen LogP contribution in [-0.4, -0.2) is 16.3 Å². The minimum absolute atomic E-state index is 0. The monoisotopic (exact) mass is 489 g/mol. The van der Waals surface area contributed by atoms with Crippen LogP contribution in [0.4, 0.5) is 15.9 Å². The lowest BCUT2D eigenvalue weighted by molar-refractivity contribution is 0.110. The highest BCUT2D eigenvalue weighted by Gasteiger charge is 2.11. The lowest BCUT2D eigenvalue weighted by atomic mass is 10.1. The fraction of sp³-hybridized carbons (Fsp3) is 0.0741. The fourth-order valence-electron chi connectivity index (χ4n) is 3.50. The molecule has 2 aromatic heterocycles. The first-order valence-corrected chi connectivity index (χ1v) is 10.7. The van der Waals surface area contributed by atoms with Gasteiger partial charge < -0.3 is 14.5 Å². The van der Waals surface area contributed by atoms with Crippen molar-refractivity contribution in [2.75, 3.05) is 5.32 Å². The number of fused-ring (bicyclic) bond motifs is 1. The molecule has 35 heavy (non-hydrogen) atoms. The van der Waals surface area contributed by atoms with E-state index in [1.807, 2.05) is 24.3 Å². The normalized spacial score (nSPS) is 10.6. The van der Waals surface area contributed by atoms with Gasteiger partial charge in [-0.15, -0.1) is 0 Å². The minimum Gasteiger partial charge on any atom is -0.487 e. The molecule has 0 radical (unpaired) electrons. The quantitative estimate of drug-likeness (QED) is 0.239. The maximum absolute atomic E-state index is 13.4. The van der Waals surface area contributed by atoms with Gasteiger partial charge in [-0.2, -0.15) is 0 Å². The van der Waals surface area contributed by atoms with Crippen molar-refractivity contribution in [3.63, 3.8) is 0 Å². The summed E-state index contributed by atoms with van der Waals surface area (Å²) < 4.78 is 24.6. The highest BCUT2D eigenvalue weighted by molar-refractivity contribution is 6.32. The Hall–Kier alpha value is -4.23. The van der Waals surface area contributed by atoms with Gasteiger partial charge in [0.15, 0.2) is 12.0 Å². The summed E-state index contributed by atoms with van der Waals surface area (Å²) in [5.41, 5.74) is 2.94. The van der Waals surface area contributed by atoms with Crippen molar-refractivity contribution in [3.8, 4) is 17.1 Å². The van der Waals surface area contributed by atoms with E-state index >= 15 is 0 Å². The third kappa shape index (κ3) is 5.31. The van der Waals surface area contributed by atoms with Crippen LogP contribution in [0.3, 0.4) is 0 Å². The lowest BCUT2D eigenvalue weighted by Crippen LogP contribution is -1.98. The van der Waals surface area contributed by atoms with Gasteiger partial charge in [0, 0.05) is 16.6 Å². The maximum Gasteiger partial charge on any atom is 0.185 e. The summed E-state index contributed by atoms with van der Waals surface area (Å²) in [5.74, 6) is 1.57. The number of furan rings is 1. The van der Waals surface area contributed by atoms with Gasteiger partial charge in [0.1, 0.15) is 36.1 Å². The molecule has 8 heteroatoms. The smallest absolute Gasteiger partial charge is 0.185 e. The van der Waals surface area contributed by atoms with Crippen LogP contribution in [0.25, 0.3) is 22.2 Å². The van der Waals surface area contributed by atoms with Gasteiger partial charge in [-0.05, 0) is 66.2 Å². The van der Waals surface area contributed by atoms with Crippen LogP contribution in [0.1, 0.15) is 23.5 Å². The van der Waals surface area contributed by atoms with E-state index in [0.717, 1.165) is 16.5 Å². The molecule has 6 nitrogen and oxygen atoms in total. The van der Waals surface area contributed by atoms with Crippen LogP contribution < -0.4 is 10.1 Å². The zero-order valence-corrected chi connectivity index (χ0v) is 18.4. The first-order chi connectivity index (χ1) is 16.6. The van der Waals surface area contributed by atoms with Crippen molar-refractivity contribution in [2.45, 2.75) is 14.0 Å². The number of carbonyl (C=O) groups is 1. The number of aromatic nitrogens is 2. The molecule has 0 saturated heterocycles. The lowest BCUT2D eigenvalue weighted by Gasteiger charge is -2.12. The molecule has 5 aromatic rings. The van der Waals surface area contributed by atoms with Crippen LogP contribution in [0.2, 0.25) is 5.02 Å². The second kappa shape index (κ2) is 10.4. The van der Waals surface area contributed by atoms with Gasteiger partial charge in [-0.25, -0.2) is 14.4 Å². The number of carbonyl (C=O) groups excluding carboxylic acids is 1. The number of nitrogens with zero attached hydrogens (tertiary/aromatic N) is 2. The first kappa shape index (κ1) is 23.9.